The Balaban J connectivity index is 2.07. The molecule has 0 fully saturated rings. The predicted octanol–water partition coefficient (Wildman–Crippen LogP) is 2.56. The molecule has 0 unspecified atom stereocenters. The molecule has 0 saturated heterocycles. The molecule has 2 rings (SSSR count). The summed E-state index contributed by atoms with van der Waals surface area (Å²) in [5.41, 5.74) is 1.66. The lowest BCUT2D eigenvalue weighted by atomic mass is 10.2. The van der Waals surface area contributed by atoms with Gasteiger partial charge in [0, 0.05) is 30.3 Å². The van der Waals surface area contributed by atoms with Gasteiger partial charge in [0.05, 0.1) is 0 Å². The summed E-state index contributed by atoms with van der Waals surface area (Å²) in [5.74, 6) is 0.458. The van der Waals surface area contributed by atoms with Gasteiger partial charge in [-0.2, -0.15) is 0 Å². The monoisotopic (exact) mass is 313 g/mol. The fourth-order valence-electron chi connectivity index (χ4n) is 1.60. The number of aliphatic hydroxyl groups is 2. The van der Waals surface area contributed by atoms with Crippen LogP contribution in [0.15, 0.2) is 30.3 Å². The first-order chi connectivity index (χ1) is 9.54. The first-order valence-corrected chi connectivity index (χ1v) is 6.71. The third-order valence-electron chi connectivity index (χ3n) is 2.54. The van der Waals surface area contributed by atoms with E-state index in [-0.39, 0.29) is 6.42 Å². The predicted molar refractivity (Wildman–Crippen MR) is 78.8 cm³/mol. The van der Waals surface area contributed by atoms with Crippen molar-refractivity contribution in [1.82, 2.24) is 9.97 Å². The molecule has 7 heteroatoms. The lowest BCUT2D eigenvalue weighted by Crippen LogP contribution is -2.12. The van der Waals surface area contributed by atoms with Crippen LogP contribution in [-0.2, 0) is 0 Å². The van der Waals surface area contributed by atoms with Crippen molar-refractivity contribution in [2.24, 2.45) is 0 Å². The molecule has 106 valence electrons. The number of hydrogen-bond donors (Lipinski definition) is 3. The average molecular weight is 314 g/mol. The van der Waals surface area contributed by atoms with Gasteiger partial charge < -0.3 is 15.5 Å². The first kappa shape index (κ1) is 15.0. The maximum atomic E-state index is 8.75. The minimum atomic E-state index is -1.30. The second kappa shape index (κ2) is 6.85. The van der Waals surface area contributed by atoms with Crippen LogP contribution in [0.2, 0.25) is 10.3 Å². The summed E-state index contributed by atoms with van der Waals surface area (Å²) in [6.45, 7) is 0.469. The number of anilines is 1. The van der Waals surface area contributed by atoms with Gasteiger partial charge in [0.25, 0.3) is 0 Å². The zero-order chi connectivity index (χ0) is 14.5. The summed E-state index contributed by atoms with van der Waals surface area (Å²) in [7, 11) is 0. The van der Waals surface area contributed by atoms with Gasteiger partial charge in [-0.1, -0.05) is 23.2 Å². The van der Waals surface area contributed by atoms with Gasteiger partial charge in [-0.25, -0.2) is 9.97 Å². The molecule has 0 bridgehead atoms. The number of nitrogens with one attached hydrogen (secondary N) is 1. The smallest absolute Gasteiger partial charge is 0.162 e. The molecule has 1 aromatic carbocycles. The highest BCUT2D eigenvalue weighted by Gasteiger charge is 2.05. The molecule has 1 aromatic heterocycles. The van der Waals surface area contributed by atoms with Gasteiger partial charge in [0.15, 0.2) is 12.1 Å². The third kappa shape index (κ3) is 4.31. The van der Waals surface area contributed by atoms with Crippen molar-refractivity contribution in [3.8, 4) is 11.4 Å². The van der Waals surface area contributed by atoms with Crippen LogP contribution in [0, 0.1) is 0 Å². The van der Waals surface area contributed by atoms with Crippen LogP contribution in [0.3, 0.4) is 0 Å². The molecule has 0 atom stereocenters. The van der Waals surface area contributed by atoms with E-state index in [1.807, 2.05) is 24.3 Å². The lowest BCUT2D eigenvalue weighted by molar-refractivity contribution is -0.0423. The fourth-order valence-corrected chi connectivity index (χ4v) is 2.02. The maximum Gasteiger partial charge on any atom is 0.162 e. The van der Waals surface area contributed by atoms with E-state index in [1.54, 1.807) is 0 Å². The Labute approximate surface area is 126 Å². The Kier molecular flexibility index (Phi) is 5.14. The number of aliphatic hydroxyl groups excluding tert-OH is 1. The molecule has 0 radical (unpaired) electrons. The Morgan fingerprint density at radius 3 is 2.20 bits per heavy atom. The van der Waals surface area contributed by atoms with Gasteiger partial charge in [-0.15, -0.1) is 0 Å². The van der Waals surface area contributed by atoms with Crippen LogP contribution < -0.4 is 5.32 Å². The number of aromatic nitrogens is 2. The fraction of sp³-hybridized carbons (Fsp3) is 0.231. The Bertz CT molecular complexity index is 556. The minimum Gasteiger partial charge on any atom is -0.385 e. The molecule has 0 amide bonds. The number of rotatable bonds is 5. The van der Waals surface area contributed by atoms with Crippen molar-refractivity contribution in [3.63, 3.8) is 0 Å². The molecule has 1 heterocycles. The average Bonchev–Trinajstić information content (AvgIpc) is 2.38. The molecule has 3 N–H and O–H groups in total. The van der Waals surface area contributed by atoms with Gasteiger partial charge in [-0.3, -0.25) is 0 Å². The normalized spacial score (nSPS) is 10.8. The molecule has 0 spiro atoms. The van der Waals surface area contributed by atoms with Crippen molar-refractivity contribution < 1.29 is 10.2 Å². The summed E-state index contributed by atoms with van der Waals surface area (Å²) in [5, 5.41) is 21.1. The lowest BCUT2D eigenvalue weighted by Gasteiger charge is -2.08. The zero-order valence-electron chi connectivity index (χ0n) is 10.4. The summed E-state index contributed by atoms with van der Waals surface area (Å²) < 4.78 is 0. The van der Waals surface area contributed by atoms with Crippen molar-refractivity contribution >= 4 is 28.9 Å². The highest BCUT2D eigenvalue weighted by atomic mass is 35.5. The van der Waals surface area contributed by atoms with Crippen molar-refractivity contribution in [3.05, 3.63) is 40.6 Å². The van der Waals surface area contributed by atoms with E-state index in [2.05, 4.69) is 15.3 Å². The number of nitrogens with zero attached hydrogens (tertiary/aromatic N) is 2. The zero-order valence-corrected chi connectivity index (χ0v) is 11.9. The van der Waals surface area contributed by atoms with E-state index in [4.69, 9.17) is 33.4 Å². The maximum absolute atomic E-state index is 8.75. The summed E-state index contributed by atoms with van der Waals surface area (Å²) in [6, 6.07) is 8.83. The minimum absolute atomic E-state index is 0.259. The molecular weight excluding hydrogens is 301 g/mol. The Hall–Kier alpha value is -1.40. The second-order valence-electron chi connectivity index (χ2n) is 4.11. The van der Waals surface area contributed by atoms with Gasteiger partial charge in [-0.05, 0) is 24.3 Å². The summed E-state index contributed by atoms with van der Waals surface area (Å²) in [4.78, 5) is 8.21. The highest BCUT2D eigenvalue weighted by molar-refractivity contribution is 6.33. The van der Waals surface area contributed by atoms with Gasteiger partial charge >= 0.3 is 0 Å². The van der Waals surface area contributed by atoms with E-state index in [0.29, 0.717) is 22.7 Å². The molecule has 5 nitrogen and oxygen atoms in total. The van der Waals surface area contributed by atoms with Crippen LogP contribution in [0.25, 0.3) is 11.4 Å². The van der Waals surface area contributed by atoms with Crippen molar-refractivity contribution in [1.29, 1.82) is 0 Å². The van der Waals surface area contributed by atoms with Crippen LogP contribution in [-0.4, -0.2) is 33.0 Å². The third-order valence-corrected chi connectivity index (χ3v) is 2.93. The first-order valence-electron chi connectivity index (χ1n) is 5.95. The van der Waals surface area contributed by atoms with E-state index in [0.717, 1.165) is 11.3 Å². The van der Waals surface area contributed by atoms with E-state index >= 15 is 0 Å². The molecular formula is C13H13Cl2N3O2. The number of benzene rings is 1. The van der Waals surface area contributed by atoms with Gasteiger partial charge in [0.1, 0.15) is 10.3 Å². The van der Waals surface area contributed by atoms with Crippen molar-refractivity contribution in [2.75, 3.05) is 11.9 Å². The van der Waals surface area contributed by atoms with E-state index in [9.17, 15) is 0 Å². The number of hydrogen-bond acceptors (Lipinski definition) is 5. The Morgan fingerprint density at radius 1 is 1.05 bits per heavy atom. The molecule has 0 aliphatic carbocycles. The van der Waals surface area contributed by atoms with Crippen molar-refractivity contribution in [2.45, 2.75) is 12.7 Å². The topological polar surface area (TPSA) is 78.3 Å². The molecule has 0 aliphatic heterocycles. The largest absolute Gasteiger partial charge is 0.385 e. The van der Waals surface area contributed by atoms with E-state index < -0.39 is 6.29 Å². The van der Waals surface area contributed by atoms with Crippen LogP contribution >= 0.6 is 23.2 Å². The van der Waals surface area contributed by atoms with Crippen LogP contribution in [0.5, 0.6) is 0 Å². The molecule has 0 aliphatic rings. The molecule has 0 saturated carbocycles. The van der Waals surface area contributed by atoms with Crippen LogP contribution in [0.1, 0.15) is 6.42 Å². The quantitative estimate of drug-likeness (QED) is 0.584. The van der Waals surface area contributed by atoms with Crippen LogP contribution in [0.4, 0.5) is 5.69 Å². The molecule has 2 aromatic rings. The van der Waals surface area contributed by atoms with Gasteiger partial charge in [0.2, 0.25) is 0 Å². The summed E-state index contributed by atoms with van der Waals surface area (Å²) >= 11 is 11.7. The SMILES string of the molecule is OC(O)CCNc1ccc(-c2nc(Cl)cc(Cl)n2)cc1. The van der Waals surface area contributed by atoms with E-state index in [1.165, 1.54) is 6.07 Å². The molecule has 20 heavy (non-hydrogen) atoms. The highest BCUT2D eigenvalue weighted by Crippen LogP contribution is 2.21. The Morgan fingerprint density at radius 2 is 1.65 bits per heavy atom. The summed E-state index contributed by atoms with van der Waals surface area (Å²) in [6.07, 6.45) is -1.04. The second-order valence-corrected chi connectivity index (χ2v) is 4.88. The number of halogens is 2. The standard InChI is InChI=1S/C13H13Cl2N3O2/c14-10-7-11(15)18-13(17-10)8-1-3-9(4-2-8)16-6-5-12(19)20/h1-4,7,12,16,19-20H,5-6H2.